The molecule has 0 aliphatic heterocycles. The Morgan fingerprint density at radius 1 is 1.36 bits per heavy atom. The van der Waals surface area contributed by atoms with Crippen LogP contribution < -0.4 is 5.73 Å². The van der Waals surface area contributed by atoms with Crippen molar-refractivity contribution in [2.45, 2.75) is 45.1 Å². The SMILES string of the molecule is CC(C)C(N)CCN(C)C(=O)c1cc(C2CC2)nc2ccc(F)cc12. The monoisotopic (exact) mass is 343 g/mol. The standard InChI is InChI=1S/C20H26FN3O/c1-12(2)17(22)8-9-24(3)20(25)16-11-19(13-4-5-13)23-18-7-6-14(21)10-15(16)18/h6-7,10-13,17H,4-5,8-9,22H2,1-3H3. The number of benzene rings is 1. The van der Waals surface area contributed by atoms with Crippen LogP contribution in [0.25, 0.3) is 10.9 Å². The molecule has 3 rings (SSSR count). The van der Waals surface area contributed by atoms with Crippen LogP contribution in [0.3, 0.4) is 0 Å². The summed E-state index contributed by atoms with van der Waals surface area (Å²) in [5, 5.41) is 0.578. The van der Waals surface area contributed by atoms with Crippen molar-refractivity contribution in [3.63, 3.8) is 0 Å². The Balaban J connectivity index is 1.90. The number of rotatable bonds is 6. The van der Waals surface area contributed by atoms with Gasteiger partial charge < -0.3 is 10.6 Å². The summed E-state index contributed by atoms with van der Waals surface area (Å²) in [6.45, 7) is 4.73. The topological polar surface area (TPSA) is 59.2 Å². The number of nitrogens with zero attached hydrogens (tertiary/aromatic N) is 2. The lowest BCUT2D eigenvalue weighted by Gasteiger charge is -2.22. The molecular formula is C20H26FN3O. The normalized spacial score (nSPS) is 15.6. The number of hydrogen-bond acceptors (Lipinski definition) is 3. The summed E-state index contributed by atoms with van der Waals surface area (Å²) in [5.41, 5.74) is 8.24. The fourth-order valence-electron chi connectivity index (χ4n) is 2.97. The van der Waals surface area contributed by atoms with Gasteiger partial charge in [0.05, 0.1) is 11.1 Å². The zero-order chi connectivity index (χ0) is 18.1. The molecule has 1 aromatic carbocycles. The molecule has 1 unspecified atom stereocenters. The van der Waals surface area contributed by atoms with Gasteiger partial charge in [0, 0.05) is 36.6 Å². The summed E-state index contributed by atoms with van der Waals surface area (Å²) >= 11 is 0. The minimum absolute atomic E-state index is 0.0592. The molecule has 0 bridgehead atoms. The molecule has 134 valence electrons. The van der Waals surface area contributed by atoms with Crippen LogP contribution in [-0.2, 0) is 0 Å². The highest BCUT2D eigenvalue weighted by Gasteiger charge is 2.27. The van der Waals surface area contributed by atoms with Crippen LogP contribution in [0.5, 0.6) is 0 Å². The van der Waals surface area contributed by atoms with Crippen molar-refractivity contribution in [1.82, 2.24) is 9.88 Å². The quantitative estimate of drug-likeness (QED) is 0.870. The van der Waals surface area contributed by atoms with Gasteiger partial charge in [-0.25, -0.2) is 4.39 Å². The number of nitrogens with two attached hydrogens (primary N) is 1. The largest absolute Gasteiger partial charge is 0.342 e. The first-order valence-corrected chi connectivity index (χ1v) is 8.98. The number of aromatic nitrogens is 1. The Hall–Kier alpha value is -2.01. The van der Waals surface area contributed by atoms with Crippen LogP contribution >= 0.6 is 0 Å². The van der Waals surface area contributed by atoms with Crippen molar-refractivity contribution in [3.8, 4) is 0 Å². The molecule has 1 aromatic heterocycles. The third-order valence-electron chi connectivity index (χ3n) is 5.02. The van der Waals surface area contributed by atoms with Crippen LogP contribution in [0.4, 0.5) is 4.39 Å². The number of pyridine rings is 1. The van der Waals surface area contributed by atoms with E-state index in [2.05, 4.69) is 18.8 Å². The van der Waals surface area contributed by atoms with Crippen LogP contribution in [0.1, 0.15) is 55.1 Å². The number of carbonyl (C=O) groups is 1. The predicted molar refractivity (Wildman–Crippen MR) is 98.1 cm³/mol. The summed E-state index contributed by atoms with van der Waals surface area (Å²) in [4.78, 5) is 19.3. The van der Waals surface area contributed by atoms with Gasteiger partial charge in [-0.2, -0.15) is 0 Å². The molecule has 0 radical (unpaired) electrons. The summed E-state index contributed by atoms with van der Waals surface area (Å²) in [6.07, 6.45) is 2.95. The smallest absolute Gasteiger partial charge is 0.254 e. The fourth-order valence-corrected chi connectivity index (χ4v) is 2.97. The second-order valence-corrected chi connectivity index (χ2v) is 7.45. The van der Waals surface area contributed by atoms with E-state index in [1.807, 2.05) is 6.07 Å². The van der Waals surface area contributed by atoms with Crippen molar-refractivity contribution >= 4 is 16.8 Å². The molecule has 4 nitrogen and oxygen atoms in total. The molecule has 1 aliphatic rings. The Morgan fingerprint density at radius 3 is 2.72 bits per heavy atom. The van der Waals surface area contributed by atoms with Gasteiger partial charge in [0.2, 0.25) is 0 Å². The minimum atomic E-state index is -0.355. The van der Waals surface area contributed by atoms with Crippen LogP contribution in [0, 0.1) is 11.7 Å². The summed E-state index contributed by atoms with van der Waals surface area (Å²) in [7, 11) is 1.78. The molecule has 1 fully saturated rings. The molecule has 0 spiro atoms. The average Bonchev–Trinajstić information content (AvgIpc) is 3.42. The molecule has 2 N–H and O–H groups in total. The third kappa shape index (κ3) is 3.98. The first-order chi connectivity index (χ1) is 11.9. The average molecular weight is 343 g/mol. The maximum atomic E-state index is 13.7. The summed E-state index contributed by atoms with van der Waals surface area (Å²) < 4.78 is 13.7. The number of amides is 1. The van der Waals surface area contributed by atoms with E-state index in [-0.39, 0.29) is 17.8 Å². The van der Waals surface area contributed by atoms with Crippen LogP contribution in [0.15, 0.2) is 24.3 Å². The molecule has 1 atom stereocenters. The second kappa shape index (κ2) is 7.08. The van der Waals surface area contributed by atoms with E-state index < -0.39 is 0 Å². The zero-order valence-corrected chi connectivity index (χ0v) is 15.1. The van der Waals surface area contributed by atoms with Crippen molar-refractivity contribution in [2.24, 2.45) is 11.7 Å². The highest BCUT2D eigenvalue weighted by molar-refractivity contribution is 6.06. The lowest BCUT2D eigenvalue weighted by atomic mass is 10.0. The maximum Gasteiger partial charge on any atom is 0.254 e. The zero-order valence-electron chi connectivity index (χ0n) is 15.1. The molecule has 1 aliphatic carbocycles. The van der Waals surface area contributed by atoms with E-state index in [1.165, 1.54) is 12.1 Å². The van der Waals surface area contributed by atoms with Gasteiger partial charge in [0.25, 0.3) is 5.91 Å². The molecule has 0 saturated heterocycles. The van der Waals surface area contributed by atoms with Crippen molar-refractivity contribution in [3.05, 3.63) is 41.3 Å². The number of fused-ring (bicyclic) bond motifs is 1. The molecule has 2 aromatic rings. The fraction of sp³-hybridized carbons (Fsp3) is 0.500. The van der Waals surface area contributed by atoms with E-state index >= 15 is 0 Å². The molecular weight excluding hydrogens is 317 g/mol. The van der Waals surface area contributed by atoms with Crippen LogP contribution in [0.2, 0.25) is 0 Å². The molecule has 5 heteroatoms. The second-order valence-electron chi connectivity index (χ2n) is 7.45. The number of hydrogen-bond donors (Lipinski definition) is 1. The lowest BCUT2D eigenvalue weighted by molar-refractivity contribution is 0.0791. The number of carbonyl (C=O) groups excluding carboxylic acids is 1. The van der Waals surface area contributed by atoms with Crippen LogP contribution in [-0.4, -0.2) is 35.4 Å². The van der Waals surface area contributed by atoms with Gasteiger partial charge in [-0.1, -0.05) is 13.8 Å². The van der Waals surface area contributed by atoms with Gasteiger partial charge in [0.15, 0.2) is 0 Å². The summed E-state index contributed by atoms with van der Waals surface area (Å²) in [5.74, 6) is 0.351. The predicted octanol–water partition coefficient (Wildman–Crippen LogP) is 3.70. The first-order valence-electron chi connectivity index (χ1n) is 8.98. The highest BCUT2D eigenvalue weighted by Crippen LogP contribution is 2.40. The van der Waals surface area contributed by atoms with E-state index in [0.29, 0.717) is 34.8 Å². The highest BCUT2D eigenvalue weighted by atomic mass is 19.1. The molecule has 1 saturated carbocycles. The van der Waals surface area contributed by atoms with Crippen molar-refractivity contribution in [1.29, 1.82) is 0 Å². The molecule has 25 heavy (non-hydrogen) atoms. The Morgan fingerprint density at radius 2 is 2.08 bits per heavy atom. The Bertz CT molecular complexity index is 786. The summed E-state index contributed by atoms with van der Waals surface area (Å²) in [6, 6.07) is 6.36. The van der Waals surface area contributed by atoms with Crippen molar-refractivity contribution < 1.29 is 9.18 Å². The third-order valence-corrected chi connectivity index (χ3v) is 5.02. The Kier molecular flexibility index (Phi) is 5.04. The Labute approximate surface area is 148 Å². The van der Waals surface area contributed by atoms with Gasteiger partial charge in [-0.15, -0.1) is 0 Å². The molecule has 1 heterocycles. The minimum Gasteiger partial charge on any atom is -0.342 e. The first kappa shape index (κ1) is 17.8. The van der Waals surface area contributed by atoms with Gasteiger partial charge in [-0.3, -0.25) is 9.78 Å². The van der Waals surface area contributed by atoms with Gasteiger partial charge in [0.1, 0.15) is 5.82 Å². The van der Waals surface area contributed by atoms with Gasteiger partial charge in [-0.05, 0) is 49.4 Å². The molecule has 1 amide bonds. The van der Waals surface area contributed by atoms with Gasteiger partial charge >= 0.3 is 0 Å². The van der Waals surface area contributed by atoms with E-state index in [4.69, 9.17) is 5.73 Å². The lowest BCUT2D eigenvalue weighted by Crippen LogP contribution is -2.34. The van der Waals surface area contributed by atoms with Crippen molar-refractivity contribution in [2.75, 3.05) is 13.6 Å². The maximum absolute atomic E-state index is 13.7. The van der Waals surface area contributed by atoms with E-state index in [1.54, 1.807) is 18.0 Å². The van der Waals surface area contributed by atoms with E-state index in [9.17, 15) is 9.18 Å². The van der Waals surface area contributed by atoms with E-state index in [0.717, 1.165) is 25.0 Å². The number of halogens is 1.